The Morgan fingerprint density at radius 2 is 1.71 bits per heavy atom. The minimum absolute atomic E-state index is 0.0922. The van der Waals surface area contributed by atoms with E-state index in [1.54, 1.807) is 6.20 Å². The maximum Gasteiger partial charge on any atom is 0.233 e. The first-order chi connectivity index (χ1) is 11.4. The number of nitrogens with zero attached hydrogens (tertiary/aromatic N) is 1. The van der Waals surface area contributed by atoms with Crippen molar-refractivity contribution in [2.45, 2.75) is 39.2 Å². The van der Waals surface area contributed by atoms with Crippen molar-refractivity contribution < 1.29 is 9.59 Å². The van der Waals surface area contributed by atoms with Crippen LogP contribution in [0.15, 0.2) is 48.7 Å². The normalized spacial score (nSPS) is 11.0. The van der Waals surface area contributed by atoms with E-state index in [4.69, 9.17) is 0 Å². The van der Waals surface area contributed by atoms with Crippen LogP contribution in [0, 0.1) is 0 Å². The van der Waals surface area contributed by atoms with Gasteiger partial charge in [0.25, 0.3) is 0 Å². The largest absolute Gasteiger partial charge is 0.350 e. The molecule has 0 bridgehead atoms. The summed E-state index contributed by atoms with van der Waals surface area (Å²) in [6, 6.07) is 13.1. The highest BCUT2D eigenvalue weighted by Gasteiger charge is 2.19. The molecule has 5 nitrogen and oxygen atoms in total. The zero-order valence-electron chi connectivity index (χ0n) is 14.3. The third-order valence-electron chi connectivity index (χ3n) is 3.52. The Morgan fingerprint density at radius 1 is 1.00 bits per heavy atom. The van der Waals surface area contributed by atoms with Crippen molar-refractivity contribution in [2.75, 3.05) is 5.32 Å². The number of nitrogens with one attached hydrogen (secondary N) is 2. The van der Waals surface area contributed by atoms with Crippen LogP contribution in [0.2, 0.25) is 0 Å². The zero-order valence-corrected chi connectivity index (χ0v) is 14.3. The van der Waals surface area contributed by atoms with E-state index in [0.717, 1.165) is 16.9 Å². The van der Waals surface area contributed by atoms with E-state index >= 15 is 0 Å². The standard InChI is InChI=1S/C19H23N3O2/c1-19(2,3)15-9-4-5-10-16(15)22-18(24)12-17(23)21-13-14-8-6-7-11-20-14/h4-11H,12-13H2,1-3H3,(H,21,23)(H,22,24). The first-order valence-corrected chi connectivity index (χ1v) is 7.92. The van der Waals surface area contributed by atoms with Crippen LogP contribution >= 0.6 is 0 Å². The molecule has 5 heteroatoms. The first kappa shape index (κ1) is 17.7. The third-order valence-corrected chi connectivity index (χ3v) is 3.52. The van der Waals surface area contributed by atoms with Gasteiger partial charge < -0.3 is 10.6 Å². The van der Waals surface area contributed by atoms with Crippen LogP contribution in [-0.2, 0) is 21.5 Å². The molecular formula is C19H23N3O2. The molecule has 0 aliphatic rings. The van der Waals surface area contributed by atoms with Crippen LogP contribution < -0.4 is 10.6 Å². The molecule has 0 aliphatic carbocycles. The van der Waals surface area contributed by atoms with Gasteiger partial charge in [-0.15, -0.1) is 0 Å². The summed E-state index contributed by atoms with van der Waals surface area (Å²) >= 11 is 0. The monoisotopic (exact) mass is 325 g/mol. The first-order valence-electron chi connectivity index (χ1n) is 7.92. The van der Waals surface area contributed by atoms with E-state index in [9.17, 15) is 9.59 Å². The zero-order chi connectivity index (χ0) is 17.6. The molecule has 2 aromatic rings. The molecule has 0 saturated carbocycles. The molecule has 1 aromatic carbocycles. The van der Waals surface area contributed by atoms with Gasteiger partial charge in [-0.25, -0.2) is 0 Å². The van der Waals surface area contributed by atoms with Gasteiger partial charge in [0, 0.05) is 11.9 Å². The van der Waals surface area contributed by atoms with Crippen molar-refractivity contribution in [1.82, 2.24) is 10.3 Å². The Balaban J connectivity index is 1.90. The van der Waals surface area contributed by atoms with Gasteiger partial charge in [-0.2, -0.15) is 0 Å². The fourth-order valence-electron chi connectivity index (χ4n) is 2.34. The number of hydrogen-bond acceptors (Lipinski definition) is 3. The third kappa shape index (κ3) is 5.19. The number of pyridine rings is 1. The molecule has 0 spiro atoms. The van der Waals surface area contributed by atoms with Gasteiger partial charge in [0.15, 0.2) is 0 Å². The number of carbonyl (C=O) groups excluding carboxylic acids is 2. The van der Waals surface area contributed by atoms with Gasteiger partial charge >= 0.3 is 0 Å². The van der Waals surface area contributed by atoms with Gasteiger partial charge in [-0.1, -0.05) is 45.0 Å². The summed E-state index contributed by atoms with van der Waals surface area (Å²) < 4.78 is 0. The van der Waals surface area contributed by atoms with Gasteiger partial charge in [0.2, 0.25) is 11.8 Å². The lowest BCUT2D eigenvalue weighted by atomic mass is 9.86. The van der Waals surface area contributed by atoms with Gasteiger partial charge in [0.05, 0.1) is 12.2 Å². The van der Waals surface area contributed by atoms with E-state index in [1.807, 2.05) is 42.5 Å². The van der Waals surface area contributed by atoms with E-state index < -0.39 is 0 Å². The average molecular weight is 325 g/mol. The van der Waals surface area contributed by atoms with Crippen molar-refractivity contribution in [3.63, 3.8) is 0 Å². The molecule has 0 aliphatic heterocycles. The van der Waals surface area contributed by atoms with Gasteiger partial charge in [-0.05, 0) is 29.2 Å². The van der Waals surface area contributed by atoms with E-state index in [2.05, 4.69) is 36.4 Å². The number of para-hydroxylation sites is 1. The minimum atomic E-state index is -0.328. The average Bonchev–Trinajstić information content (AvgIpc) is 2.53. The maximum absolute atomic E-state index is 12.1. The number of aromatic nitrogens is 1. The van der Waals surface area contributed by atoms with Crippen molar-refractivity contribution in [3.8, 4) is 0 Å². The summed E-state index contributed by atoms with van der Waals surface area (Å²) in [5, 5.41) is 5.53. The van der Waals surface area contributed by atoms with Crippen LogP contribution in [0.1, 0.15) is 38.4 Å². The second-order valence-corrected chi connectivity index (χ2v) is 6.62. The fraction of sp³-hybridized carbons (Fsp3) is 0.316. The fourth-order valence-corrected chi connectivity index (χ4v) is 2.34. The summed E-state index contributed by atoms with van der Waals surface area (Å²) in [6.45, 7) is 6.55. The molecule has 1 aromatic heterocycles. The predicted molar refractivity (Wildman–Crippen MR) is 94.5 cm³/mol. The van der Waals surface area contributed by atoms with Crippen LogP contribution in [-0.4, -0.2) is 16.8 Å². The lowest BCUT2D eigenvalue weighted by molar-refractivity contribution is -0.126. The van der Waals surface area contributed by atoms with E-state index in [0.29, 0.717) is 6.54 Å². The molecule has 2 N–H and O–H groups in total. The molecule has 126 valence electrons. The second-order valence-electron chi connectivity index (χ2n) is 6.62. The highest BCUT2D eigenvalue weighted by molar-refractivity contribution is 6.03. The Morgan fingerprint density at radius 3 is 2.38 bits per heavy atom. The second kappa shape index (κ2) is 7.73. The molecule has 0 atom stereocenters. The lowest BCUT2D eigenvalue weighted by Crippen LogP contribution is -2.28. The SMILES string of the molecule is CC(C)(C)c1ccccc1NC(=O)CC(=O)NCc1ccccn1. The smallest absolute Gasteiger partial charge is 0.233 e. The van der Waals surface area contributed by atoms with Crippen LogP contribution in [0.25, 0.3) is 0 Å². The molecule has 0 saturated heterocycles. The summed E-state index contributed by atoms with van der Waals surface area (Å²) in [6.07, 6.45) is 1.45. The Kier molecular flexibility index (Phi) is 5.68. The van der Waals surface area contributed by atoms with Crippen LogP contribution in [0.3, 0.4) is 0 Å². The molecule has 0 radical (unpaired) electrons. The molecule has 24 heavy (non-hydrogen) atoms. The van der Waals surface area contributed by atoms with Gasteiger partial charge in [0.1, 0.15) is 6.42 Å². The highest BCUT2D eigenvalue weighted by Crippen LogP contribution is 2.29. The predicted octanol–water partition coefficient (Wildman–Crippen LogP) is 3.02. The maximum atomic E-state index is 12.1. The number of benzene rings is 1. The molecule has 0 fully saturated rings. The van der Waals surface area contributed by atoms with Crippen molar-refractivity contribution in [3.05, 3.63) is 59.9 Å². The minimum Gasteiger partial charge on any atom is -0.350 e. The molecular weight excluding hydrogens is 302 g/mol. The highest BCUT2D eigenvalue weighted by atomic mass is 16.2. The molecule has 2 rings (SSSR count). The van der Waals surface area contributed by atoms with Crippen molar-refractivity contribution in [1.29, 1.82) is 0 Å². The summed E-state index contributed by atoms with van der Waals surface area (Å²) in [4.78, 5) is 28.1. The number of hydrogen-bond donors (Lipinski definition) is 2. The number of amides is 2. The van der Waals surface area contributed by atoms with Crippen molar-refractivity contribution >= 4 is 17.5 Å². The Labute approximate surface area is 142 Å². The summed E-state index contributed by atoms with van der Waals surface area (Å²) in [5.74, 6) is -0.656. The lowest BCUT2D eigenvalue weighted by Gasteiger charge is -2.22. The van der Waals surface area contributed by atoms with E-state index in [-0.39, 0.29) is 23.7 Å². The summed E-state index contributed by atoms with van der Waals surface area (Å²) in [5.41, 5.74) is 2.44. The Bertz CT molecular complexity index is 706. The van der Waals surface area contributed by atoms with Crippen LogP contribution in [0.5, 0.6) is 0 Å². The number of anilines is 1. The van der Waals surface area contributed by atoms with Crippen LogP contribution in [0.4, 0.5) is 5.69 Å². The van der Waals surface area contributed by atoms with Gasteiger partial charge in [-0.3, -0.25) is 14.6 Å². The summed E-state index contributed by atoms with van der Waals surface area (Å²) in [7, 11) is 0. The topological polar surface area (TPSA) is 71.1 Å². The molecule has 0 unspecified atom stereocenters. The molecule has 1 heterocycles. The molecule has 2 amide bonds. The van der Waals surface area contributed by atoms with Crippen molar-refractivity contribution in [2.24, 2.45) is 0 Å². The quantitative estimate of drug-likeness (QED) is 0.830. The Hall–Kier alpha value is -2.69. The number of rotatable bonds is 5. The number of carbonyl (C=O) groups is 2. The van der Waals surface area contributed by atoms with E-state index in [1.165, 1.54) is 0 Å².